The van der Waals surface area contributed by atoms with Crippen LogP contribution in [0.1, 0.15) is 10.8 Å². The Labute approximate surface area is 167 Å². The van der Waals surface area contributed by atoms with Gasteiger partial charge in [0, 0.05) is 42.8 Å². The highest BCUT2D eigenvalue weighted by atomic mass is 32.1. The van der Waals surface area contributed by atoms with E-state index in [0.29, 0.717) is 44.0 Å². The number of carbonyl (C=O) groups excluding carboxylic acids is 1. The third-order valence-corrected chi connectivity index (χ3v) is 5.41. The average Bonchev–Trinajstić information content (AvgIpc) is 3.40. The summed E-state index contributed by atoms with van der Waals surface area (Å²) in [5.74, 6) is -0.771. The highest BCUT2D eigenvalue weighted by Gasteiger charge is 2.38. The molecule has 4 heterocycles. The Morgan fingerprint density at radius 2 is 1.97 bits per heavy atom. The topological polar surface area (TPSA) is 75.4 Å². The summed E-state index contributed by atoms with van der Waals surface area (Å²) in [5.41, 5.74) is 0.331. The van der Waals surface area contributed by atoms with Gasteiger partial charge in [-0.25, -0.2) is 4.98 Å². The van der Waals surface area contributed by atoms with Gasteiger partial charge in [-0.15, -0.1) is 11.3 Å². The molecule has 4 rings (SSSR count). The lowest BCUT2D eigenvalue weighted by molar-refractivity contribution is -0.159. The molecule has 0 aromatic carbocycles. The number of piperazine rings is 1. The lowest BCUT2D eigenvalue weighted by atomic mass is 10.2. The molecule has 1 fully saturated rings. The summed E-state index contributed by atoms with van der Waals surface area (Å²) in [5, 5.41) is 5.30. The molecule has 7 nitrogen and oxygen atoms in total. The second-order valence-corrected chi connectivity index (χ2v) is 7.48. The van der Waals surface area contributed by atoms with Crippen LogP contribution >= 0.6 is 11.3 Å². The zero-order chi connectivity index (χ0) is 20.4. The number of rotatable bonds is 4. The summed E-state index contributed by atoms with van der Waals surface area (Å²) in [6.07, 6.45) is -2.86. The van der Waals surface area contributed by atoms with Gasteiger partial charge in [-0.1, -0.05) is 11.2 Å². The van der Waals surface area contributed by atoms with E-state index >= 15 is 0 Å². The van der Waals surface area contributed by atoms with Gasteiger partial charge in [-0.05, 0) is 23.6 Å². The minimum absolute atomic E-state index is 0.105. The molecule has 1 saturated heterocycles. The van der Waals surface area contributed by atoms with Crippen molar-refractivity contribution in [3.8, 4) is 11.4 Å². The van der Waals surface area contributed by atoms with Crippen molar-refractivity contribution in [1.29, 1.82) is 0 Å². The highest BCUT2D eigenvalue weighted by molar-refractivity contribution is 7.10. The van der Waals surface area contributed by atoms with Gasteiger partial charge >= 0.3 is 12.1 Å². The van der Waals surface area contributed by atoms with Crippen LogP contribution in [-0.2, 0) is 17.4 Å². The Hall–Kier alpha value is -2.95. The van der Waals surface area contributed by atoms with E-state index in [2.05, 4.69) is 19.6 Å². The fourth-order valence-corrected chi connectivity index (χ4v) is 3.72. The molecule has 0 N–H and O–H groups in total. The minimum atomic E-state index is -4.68. The number of carbonyl (C=O) groups is 1. The molecule has 1 aliphatic rings. The third kappa shape index (κ3) is 4.39. The first kappa shape index (κ1) is 19.4. The number of hydrogen-bond acceptors (Lipinski definition) is 7. The van der Waals surface area contributed by atoms with Gasteiger partial charge in [0.25, 0.3) is 0 Å². The number of aromatic nitrogens is 3. The predicted molar refractivity (Wildman–Crippen MR) is 99.3 cm³/mol. The van der Waals surface area contributed by atoms with Gasteiger partial charge in [0.15, 0.2) is 0 Å². The summed E-state index contributed by atoms with van der Waals surface area (Å²) >= 11 is 1.57. The fourth-order valence-electron chi connectivity index (χ4n) is 3.02. The number of amides is 1. The lowest BCUT2D eigenvalue weighted by Gasteiger charge is -2.35. The zero-order valence-corrected chi connectivity index (χ0v) is 15.9. The molecule has 3 aromatic rings. The van der Waals surface area contributed by atoms with Crippen molar-refractivity contribution in [3.63, 3.8) is 0 Å². The van der Waals surface area contributed by atoms with Gasteiger partial charge in [0.05, 0.1) is 6.42 Å². The molecule has 0 atom stereocenters. The van der Waals surface area contributed by atoms with Crippen LogP contribution in [0.5, 0.6) is 0 Å². The number of pyridine rings is 1. The van der Waals surface area contributed by atoms with Crippen molar-refractivity contribution in [1.82, 2.24) is 20.0 Å². The summed E-state index contributed by atoms with van der Waals surface area (Å²) in [6, 6.07) is 7.18. The molecule has 0 bridgehead atoms. The van der Waals surface area contributed by atoms with E-state index in [4.69, 9.17) is 0 Å². The van der Waals surface area contributed by atoms with E-state index in [1.54, 1.807) is 23.5 Å². The van der Waals surface area contributed by atoms with Crippen molar-refractivity contribution in [2.45, 2.75) is 12.6 Å². The Bertz CT molecular complexity index is 964. The molecular weight excluding hydrogens is 407 g/mol. The first-order valence-corrected chi connectivity index (χ1v) is 9.70. The molecule has 29 heavy (non-hydrogen) atoms. The normalized spacial score (nSPS) is 15.0. The molecule has 0 spiro atoms. The maximum atomic E-state index is 12.6. The molecule has 1 amide bonds. The van der Waals surface area contributed by atoms with Gasteiger partial charge in [0.2, 0.25) is 11.7 Å². The summed E-state index contributed by atoms with van der Waals surface area (Å²) in [4.78, 5) is 24.9. The van der Waals surface area contributed by atoms with Gasteiger partial charge in [0.1, 0.15) is 5.82 Å². The van der Waals surface area contributed by atoms with E-state index in [0.717, 1.165) is 4.88 Å². The van der Waals surface area contributed by atoms with E-state index in [1.807, 2.05) is 27.3 Å². The molecule has 1 aliphatic heterocycles. The van der Waals surface area contributed by atoms with Crippen LogP contribution in [0, 0.1) is 0 Å². The largest absolute Gasteiger partial charge is 0.471 e. The molecule has 0 radical (unpaired) electrons. The van der Waals surface area contributed by atoms with Gasteiger partial charge in [-0.2, -0.15) is 18.2 Å². The first-order chi connectivity index (χ1) is 13.9. The van der Waals surface area contributed by atoms with Crippen molar-refractivity contribution in [2.24, 2.45) is 0 Å². The van der Waals surface area contributed by atoms with Crippen LogP contribution in [0.25, 0.3) is 11.4 Å². The molecule has 152 valence electrons. The standard InChI is InChI=1S/C18H16F3N5O2S/c19-18(20,21)17-23-16(24-28-17)12-3-4-14(22-11-12)25-5-7-26(8-6-25)15(27)10-13-2-1-9-29-13/h1-4,9,11H,5-8,10H2. The predicted octanol–water partition coefficient (Wildman–Crippen LogP) is 3.10. The maximum Gasteiger partial charge on any atom is 0.471 e. The summed E-state index contributed by atoms with van der Waals surface area (Å²) < 4.78 is 42.0. The molecule has 3 aromatic heterocycles. The van der Waals surface area contributed by atoms with Crippen LogP contribution in [0.3, 0.4) is 0 Å². The van der Waals surface area contributed by atoms with Crippen LogP contribution in [0.2, 0.25) is 0 Å². The number of anilines is 1. The highest BCUT2D eigenvalue weighted by Crippen LogP contribution is 2.29. The lowest BCUT2D eigenvalue weighted by Crippen LogP contribution is -2.49. The quantitative estimate of drug-likeness (QED) is 0.642. The van der Waals surface area contributed by atoms with Crippen molar-refractivity contribution < 1.29 is 22.5 Å². The monoisotopic (exact) mass is 423 g/mol. The average molecular weight is 423 g/mol. The third-order valence-electron chi connectivity index (χ3n) is 4.54. The van der Waals surface area contributed by atoms with Crippen molar-refractivity contribution in [2.75, 3.05) is 31.1 Å². The molecule has 0 aliphatic carbocycles. The molecular formula is C18H16F3N5O2S. The zero-order valence-electron chi connectivity index (χ0n) is 15.1. The van der Waals surface area contributed by atoms with Gasteiger partial charge in [-0.3, -0.25) is 4.79 Å². The number of alkyl halides is 3. The number of nitrogens with zero attached hydrogens (tertiary/aromatic N) is 5. The SMILES string of the molecule is O=C(Cc1cccs1)N1CCN(c2ccc(-c3noc(C(F)(F)F)n3)cn2)CC1. The second-order valence-electron chi connectivity index (χ2n) is 6.45. The maximum absolute atomic E-state index is 12.6. The molecule has 0 saturated carbocycles. The van der Waals surface area contributed by atoms with Crippen LogP contribution in [0.15, 0.2) is 40.4 Å². The van der Waals surface area contributed by atoms with E-state index in [-0.39, 0.29) is 11.7 Å². The number of thiophene rings is 1. The van der Waals surface area contributed by atoms with Crippen LogP contribution in [-0.4, -0.2) is 52.1 Å². The Balaban J connectivity index is 1.35. The van der Waals surface area contributed by atoms with E-state index in [1.165, 1.54) is 6.20 Å². The first-order valence-electron chi connectivity index (χ1n) is 8.82. The smallest absolute Gasteiger partial charge is 0.353 e. The Morgan fingerprint density at radius 3 is 2.55 bits per heavy atom. The second kappa shape index (κ2) is 7.82. The fraction of sp³-hybridized carbons (Fsp3) is 0.333. The van der Waals surface area contributed by atoms with E-state index < -0.39 is 12.1 Å². The summed E-state index contributed by atoms with van der Waals surface area (Å²) in [7, 11) is 0. The van der Waals surface area contributed by atoms with E-state index in [9.17, 15) is 18.0 Å². The van der Waals surface area contributed by atoms with Crippen LogP contribution in [0.4, 0.5) is 19.0 Å². The molecule has 11 heteroatoms. The summed E-state index contributed by atoms with van der Waals surface area (Å²) in [6.45, 7) is 2.44. The molecule has 0 unspecified atom stereocenters. The van der Waals surface area contributed by atoms with Gasteiger partial charge < -0.3 is 14.3 Å². The van der Waals surface area contributed by atoms with Crippen molar-refractivity contribution >= 4 is 23.1 Å². The Morgan fingerprint density at radius 1 is 1.17 bits per heavy atom. The van der Waals surface area contributed by atoms with Crippen molar-refractivity contribution in [3.05, 3.63) is 46.6 Å². The minimum Gasteiger partial charge on any atom is -0.353 e. The van der Waals surface area contributed by atoms with Crippen LogP contribution < -0.4 is 4.90 Å². The number of halogens is 3. The number of hydrogen-bond donors (Lipinski definition) is 0. The Kier molecular flexibility index (Phi) is 5.22.